The molecule has 3 unspecified atom stereocenters. The summed E-state index contributed by atoms with van der Waals surface area (Å²) in [6, 6.07) is 41.3. The van der Waals surface area contributed by atoms with Gasteiger partial charge in [0.05, 0.1) is 23.8 Å². The SMILES string of the molecule is CC(COC1(c2ccc(-c3cccc(C#N)c3)cc2)CCCC(Cc2cccc(Oc3ccccc3)c2)CC1)Nc1cc(O)cc(O)c1. The first kappa shape index (κ1) is 32.7. The van der Waals surface area contributed by atoms with Gasteiger partial charge in [0.2, 0.25) is 0 Å². The third-order valence-corrected chi connectivity index (χ3v) is 9.21. The maximum atomic E-state index is 9.95. The number of hydrogen-bond acceptors (Lipinski definition) is 6. The number of hydrogen-bond donors (Lipinski definition) is 3. The van der Waals surface area contributed by atoms with Crippen LogP contribution in [-0.4, -0.2) is 22.9 Å². The number of aromatic hydroxyl groups is 2. The van der Waals surface area contributed by atoms with Gasteiger partial charge in [0.25, 0.3) is 0 Å². The van der Waals surface area contributed by atoms with Crippen molar-refractivity contribution in [3.8, 4) is 40.2 Å². The van der Waals surface area contributed by atoms with Gasteiger partial charge in [-0.3, -0.25) is 0 Å². The number of benzene rings is 5. The zero-order chi connectivity index (χ0) is 33.3. The molecule has 5 aromatic rings. The number of rotatable bonds is 11. The number of phenolic OH excluding ortho intramolecular Hbond substituents is 2. The van der Waals surface area contributed by atoms with Crippen molar-refractivity contribution in [2.45, 2.75) is 57.1 Å². The zero-order valence-corrected chi connectivity index (χ0v) is 27.3. The minimum Gasteiger partial charge on any atom is -0.508 e. The van der Waals surface area contributed by atoms with Gasteiger partial charge in [-0.15, -0.1) is 0 Å². The van der Waals surface area contributed by atoms with E-state index in [-0.39, 0.29) is 17.5 Å². The molecule has 0 radical (unpaired) electrons. The number of phenols is 2. The Morgan fingerprint density at radius 1 is 0.792 bits per heavy atom. The average molecular weight is 639 g/mol. The van der Waals surface area contributed by atoms with E-state index in [0.29, 0.717) is 23.8 Å². The van der Waals surface area contributed by atoms with Crippen molar-refractivity contribution in [3.63, 3.8) is 0 Å². The lowest BCUT2D eigenvalue weighted by atomic mass is 9.84. The Labute approximate surface area is 283 Å². The summed E-state index contributed by atoms with van der Waals surface area (Å²) >= 11 is 0. The lowest BCUT2D eigenvalue weighted by molar-refractivity contribution is -0.0649. The van der Waals surface area contributed by atoms with E-state index in [4.69, 9.17) is 9.47 Å². The molecular formula is C42H42N2O4. The fourth-order valence-corrected chi connectivity index (χ4v) is 6.82. The van der Waals surface area contributed by atoms with E-state index in [1.165, 1.54) is 11.6 Å². The van der Waals surface area contributed by atoms with Gasteiger partial charge in [-0.05, 0) is 104 Å². The van der Waals surface area contributed by atoms with Crippen molar-refractivity contribution in [2.75, 3.05) is 11.9 Å². The third kappa shape index (κ3) is 8.36. The second-order valence-corrected chi connectivity index (χ2v) is 12.9. The van der Waals surface area contributed by atoms with Crippen molar-refractivity contribution >= 4 is 5.69 Å². The first-order chi connectivity index (χ1) is 23.4. The number of ether oxygens (including phenoxy) is 2. The summed E-state index contributed by atoms with van der Waals surface area (Å²) in [5, 5.41) is 32.7. The molecule has 5 aromatic carbocycles. The number of nitrogens with one attached hydrogen (secondary N) is 1. The van der Waals surface area contributed by atoms with Gasteiger partial charge in [-0.1, -0.05) is 73.2 Å². The summed E-state index contributed by atoms with van der Waals surface area (Å²) in [6.45, 7) is 2.50. The monoisotopic (exact) mass is 638 g/mol. The molecule has 48 heavy (non-hydrogen) atoms. The van der Waals surface area contributed by atoms with Crippen molar-refractivity contribution in [1.29, 1.82) is 5.26 Å². The quantitative estimate of drug-likeness (QED) is 0.125. The third-order valence-electron chi connectivity index (χ3n) is 9.21. The Bertz CT molecular complexity index is 1830. The minimum absolute atomic E-state index is 0.00876. The van der Waals surface area contributed by atoms with Crippen molar-refractivity contribution in [2.24, 2.45) is 5.92 Å². The van der Waals surface area contributed by atoms with Crippen molar-refractivity contribution < 1.29 is 19.7 Å². The molecule has 3 atom stereocenters. The Morgan fingerprint density at radius 3 is 2.31 bits per heavy atom. The average Bonchev–Trinajstić information content (AvgIpc) is 3.30. The van der Waals surface area contributed by atoms with Crippen LogP contribution >= 0.6 is 0 Å². The van der Waals surface area contributed by atoms with Crippen LogP contribution in [-0.2, 0) is 16.8 Å². The fraction of sp³-hybridized carbons (Fsp3) is 0.262. The van der Waals surface area contributed by atoms with E-state index in [1.54, 1.807) is 12.1 Å². The van der Waals surface area contributed by atoms with E-state index < -0.39 is 5.60 Å². The second-order valence-electron chi connectivity index (χ2n) is 12.9. The van der Waals surface area contributed by atoms with Crippen LogP contribution < -0.4 is 10.1 Å². The molecule has 0 bridgehead atoms. The van der Waals surface area contributed by atoms with Gasteiger partial charge in [0.15, 0.2) is 0 Å². The molecule has 1 aliphatic carbocycles. The van der Waals surface area contributed by atoms with E-state index in [0.717, 1.165) is 66.7 Å². The molecule has 3 N–H and O–H groups in total. The lowest BCUT2D eigenvalue weighted by Gasteiger charge is -2.35. The van der Waals surface area contributed by atoms with Gasteiger partial charge < -0.3 is 25.0 Å². The van der Waals surface area contributed by atoms with Gasteiger partial charge in [-0.25, -0.2) is 0 Å². The fourth-order valence-electron chi connectivity index (χ4n) is 6.82. The Hall–Kier alpha value is -5.25. The molecule has 1 aliphatic rings. The van der Waals surface area contributed by atoms with E-state index >= 15 is 0 Å². The van der Waals surface area contributed by atoms with E-state index in [1.807, 2.05) is 67.6 Å². The van der Waals surface area contributed by atoms with Crippen molar-refractivity contribution in [3.05, 3.63) is 138 Å². The lowest BCUT2D eigenvalue weighted by Crippen LogP contribution is -2.34. The highest BCUT2D eigenvalue weighted by Gasteiger charge is 2.36. The molecule has 0 spiro atoms. The van der Waals surface area contributed by atoms with Crippen LogP contribution in [0, 0.1) is 17.2 Å². The molecule has 0 aliphatic heterocycles. The predicted molar refractivity (Wildman–Crippen MR) is 190 cm³/mol. The molecule has 6 heteroatoms. The van der Waals surface area contributed by atoms with Crippen molar-refractivity contribution in [1.82, 2.24) is 0 Å². The smallest absolute Gasteiger partial charge is 0.127 e. The molecule has 1 fully saturated rings. The predicted octanol–water partition coefficient (Wildman–Crippen LogP) is 9.96. The Morgan fingerprint density at radius 2 is 1.54 bits per heavy atom. The molecule has 0 amide bonds. The Balaban J connectivity index is 1.19. The highest BCUT2D eigenvalue weighted by Crippen LogP contribution is 2.43. The normalized spacial score (nSPS) is 18.3. The van der Waals surface area contributed by atoms with Gasteiger partial charge in [0, 0.05) is 29.9 Å². The molecule has 6 rings (SSSR count). The topological polar surface area (TPSA) is 94.7 Å². The summed E-state index contributed by atoms with van der Waals surface area (Å²) in [4.78, 5) is 0. The first-order valence-corrected chi connectivity index (χ1v) is 16.7. The standard InChI is InChI=1S/C42H42N2O4/c1-30(44-37-25-38(45)27-39(46)26-37)29-47-42(36-17-15-34(16-18-36)35-11-5-9-33(23-35)28-43)20-7-10-31(19-21-42)22-32-8-6-14-41(24-32)48-40-12-3-2-4-13-40/h2-6,8-9,11-18,23-27,30-31,44-46H,7,10,19-22,29H2,1H3. The number of para-hydroxylation sites is 1. The maximum absolute atomic E-state index is 9.95. The van der Waals surface area contributed by atoms with Crippen LogP contribution in [0.15, 0.2) is 121 Å². The number of nitriles is 1. The van der Waals surface area contributed by atoms with Crippen LogP contribution in [0.2, 0.25) is 0 Å². The molecular weight excluding hydrogens is 596 g/mol. The molecule has 0 aromatic heterocycles. The number of nitrogens with zero attached hydrogens (tertiary/aromatic N) is 1. The molecule has 0 saturated heterocycles. The van der Waals surface area contributed by atoms with E-state index in [2.05, 4.69) is 53.9 Å². The number of anilines is 1. The summed E-state index contributed by atoms with van der Waals surface area (Å²) in [5.74, 6) is 2.22. The summed E-state index contributed by atoms with van der Waals surface area (Å²) in [6.07, 6.45) is 5.96. The molecule has 1 saturated carbocycles. The summed E-state index contributed by atoms with van der Waals surface area (Å²) < 4.78 is 13.1. The van der Waals surface area contributed by atoms with E-state index in [9.17, 15) is 15.5 Å². The summed E-state index contributed by atoms with van der Waals surface area (Å²) in [5.41, 5.74) is 5.33. The van der Waals surface area contributed by atoms with Crippen LogP contribution in [0.5, 0.6) is 23.0 Å². The van der Waals surface area contributed by atoms with Crippen LogP contribution in [0.1, 0.15) is 55.7 Å². The van der Waals surface area contributed by atoms with Crippen LogP contribution in [0.25, 0.3) is 11.1 Å². The first-order valence-electron chi connectivity index (χ1n) is 16.7. The van der Waals surface area contributed by atoms with Gasteiger partial charge in [-0.2, -0.15) is 5.26 Å². The summed E-state index contributed by atoms with van der Waals surface area (Å²) in [7, 11) is 0. The molecule has 244 valence electrons. The zero-order valence-electron chi connectivity index (χ0n) is 27.3. The highest BCUT2D eigenvalue weighted by molar-refractivity contribution is 5.65. The van der Waals surface area contributed by atoms with Crippen LogP contribution in [0.4, 0.5) is 5.69 Å². The largest absolute Gasteiger partial charge is 0.508 e. The van der Waals surface area contributed by atoms with Crippen LogP contribution in [0.3, 0.4) is 0 Å². The van der Waals surface area contributed by atoms with Gasteiger partial charge in [0.1, 0.15) is 23.0 Å². The second kappa shape index (κ2) is 15.1. The highest BCUT2D eigenvalue weighted by atomic mass is 16.5. The van der Waals surface area contributed by atoms with Gasteiger partial charge >= 0.3 is 0 Å². The Kier molecular flexibility index (Phi) is 10.3. The maximum Gasteiger partial charge on any atom is 0.127 e. The molecule has 0 heterocycles. The molecule has 6 nitrogen and oxygen atoms in total. The minimum atomic E-state index is -0.461.